The maximum absolute atomic E-state index is 11.4. The van der Waals surface area contributed by atoms with Gasteiger partial charge in [-0.25, -0.2) is 0 Å². The summed E-state index contributed by atoms with van der Waals surface area (Å²) in [6, 6.07) is 0. The first-order valence-corrected chi connectivity index (χ1v) is 5.31. The van der Waals surface area contributed by atoms with Gasteiger partial charge in [0, 0.05) is 5.57 Å². The van der Waals surface area contributed by atoms with E-state index in [1.165, 1.54) is 5.57 Å². The van der Waals surface area contributed by atoms with Gasteiger partial charge in [0.2, 0.25) is 0 Å². The molecule has 0 fully saturated rings. The van der Waals surface area contributed by atoms with Crippen LogP contribution < -0.4 is 0 Å². The van der Waals surface area contributed by atoms with Crippen LogP contribution in [0.15, 0.2) is 35.5 Å². The van der Waals surface area contributed by atoms with Crippen LogP contribution in [-0.4, -0.2) is 5.78 Å². The lowest BCUT2D eigenvalue weighted by molar-refractivity contribution is -0.113. The number of ketones is 1. The van der Waals surface area contributed by atoms with Gasteiger partial charge in [0.15, 0.2) is 5.78 Å². The van der Waals surface area contributed by atoms with E-state index in [1.807, 2.05) is 31.2 Å². The number of Topliss-reactive ketones (excluding diaryl/α,β-unsaturated/α-hetero) is 1. The lowest BCUT2D eigenvalue weighted by Crippen LogP contribution is -2.07. The van der Waals surface area contributed by atoms with Crippen molar-refractivity contribution in [3.63, 3.8) is 0 Å². The van der Waals surface area contributed by atoms with Crippen molar-refractivity contribution in [2.75, 3.05) is 0 Å². The molecule has 0 aromatic rings. The molecule has 0 bridgehead atoms. The third kappa shape index (κ3) is 5.36. The molecule has 0 saturated heterocycles. The summed E-state index contributed by atoms with van der Waals surface area (Å²) in [6.45, 7) is 12.0. The largest absolute Gasteiger partial charge is 0.295 e. The minimum Gasteiger partial charge on any atom is -0.295 e. The van der Waals surface area contributed by atoms with Gasteiger partial charge in [0.1, 0.15) is 0 Å². The molecule has 0 saturated carbocycles. The standard InChI is InChI=1S/C14H22O/c1-7-8-9-13(12(3)15)10-11(2)14(4,5)6/h7-10H,1-6H3/b8-7-,11-10+,13-9+. The SMILES string of the molecule is C\C=C/C=C(\C=C(/C)C(C)(C)C)C(C)=O. The van der Waals surface area contributed by atoms with E-state index >= 15 is 0 Å². The highest BCUT2D eigenvalue weighted by molar-refractivity contribution is 5.96. The fourth-order valence-electron chi connectivity index (χ4n) is 0.917. The Morgan fingerprint density at radius 3 is 2.00 bits per heavy atom. The average molecular weight is 206 g/mol. The van der Waals surface area contributed by atoms with Gasteiger partial charge in [0.25, 0.3) is 0 Å². The van der Waals surface area contributed by atoms with Crippen LogP contribution in [0.1, 0.15) is 41.5 Å². The molecule has 1 heteroatoms. The second-order valence-corrected chi connectivity index (χ2v) is 4.78. The Morgan fingerprint density at radius 2 is 1.67 bits per heavy atom. The van der Waals surface area contributed by atoms with Crippen molar-refractivity contribution in [1.82, 2.24) is 0 Å². The van der Waals surface area contributed by atoms with Gasteiger partial charge in [-0.05, 0) is 26.2 Å². The Bertz CT molecular complexity index is 309. The van der Waals surface area contributed by atoms with E-state index in [0.29, 0.717) is 0 Å². The molecule has 0 unspecified atom stereocenters. The number of carbonyl (C=O) groups excluding carboxylic acids is 1. The van der Waals surface area contributed by atoms with Crippen LogP contribution in [-0.2, 0) is 4.79 Å². The van der Waals surface area contributed by atoms with Crippen LogP contribution >= 0.6 is 0 Å². The van der Waals surface area contributed by atoms with Crippen LogP contribution in [0.25, 0.3) is 0 Å². The fraction of sp³-hybridized carbons (Fsp3) is 0.500. The van der Waals surface area contributed by atoms with E-state index in [2.05, 4.69) is 27.7 Å². The maximum atomic E-state index is 11.4. The number of rotatable bonds is 3. The Morgan fingerprint density at radius 1 is 1.13 bits per heavy atom. The second-order valence-electron chi connectivity index (χ2n) is 4.78. The van der Waals surface area contributed by atoms with Crippen molar-refractivity contribution in [1.29, 1.82) is 0 Å². The molecule has 0 N–H and O–H groups in total. The van der Waals surface area contributed by atoms with Crippen molar-refractivity contribution in [3.05, 3.63) is 35.5 Å². The molecule has 0 aliphatic rings. The van der Waals surface area contributed by atoms with Gasteiger partial charge in [0.05, 0.1) is 0 Å². The molecule has 0 spiro atoms. The molecule has 0 aromatic heterocycles. The molecule has 0 amide bonds. The third-order valence-corrected chi connectivity index (χ3v) is 2.43. The second kappa shape index (κ2) is 5.69. The van der Waals surface area contributed by atoms with Crippen LogP contribution in [0.5, 0.6) is 0 Å². The predicted octanol–water partition coefficient (Wildman–Crippen LogP) is 4.07. The van der Waals surface area contributed by atoms with Gasteiger partial charge in [-0.15, -0.1) is 0 Å². The summed E-state index contributed by atoms with van der Waals surface area (Å²) in [5.41, 5.74) is 2.10. The molecule has 0 rings (SSSR count). The zero-order valence-electron chi connectivity index (χ0n) is 10.7. The van der Waals surface area contributed by atoms with E-state index in [-0.39, 0.29) is 11.2 Å². The molecule has 0 radical (unpaired) electrons. The highest BCUT2D eigenvalue weighted by atomic mass is 16.1. The third-order valence-electron chi connectivity index (χ3n) is 2.43. The number of hydrogen-bond acceptors (Lipinski definition) is 1. The topological polar surface area (TPSA) is 17.1 Å². The smallest absolute Gasteiger partial charge is 0.159 e. The summed E-state index contributed by atoms with van der Waals surface area (Å²) in [6.07, 6.45) is 7.65. The Kier molecular flexibility index (Phi) is 5.27. The van der Waals surface area contributed by atoms with E-state index in [0.717, 1.165) is 5.57 Å². The van der Waals surface area contributed by atoms with Crippen molar-refractivity contribution in [2.45, 2.75) is 41.5 Å². The fourth-order valence-corrected chi connectivity index (χ4v) is 0.917. The highest BCUT2D eigenvalue weighted by Gasteiger charge is 2.13. The van der Waals surface area contributed by atoms with Crippen LogP contribution in [0.2, 0.25) is 0 Å². The quantitative estimate of drug-likeness (QED) is 0.502. The van der Waals surface area contributed by atoms with Crippen LogP contribution in [0, 0.1) is 5.41 Å². The van der Waals surface area contributed by atoms with E-state index < -0.39 is 0 Å². The van der Waals surface area contributed by atoms with Crippen LogP contribution in [0.4, 0.5) is 0 Å². The van der Waals surface area contributed by atoms with Gasteiger partial charge in [-0.3, -0.25) is 4.79 Å². The number of allylic oxidation sites excluding steroid dienone is 6. The Labute approximate surface area is 93.6 Å². The molecule has 0 aliphatic heterocycles. The minimum absolute atomic E-state index is 0.108. The van der Waals surface area contributed by atoms with Crippen molar-refractivity contribution >= 4 is 5.78 Å². The summed E-state index contributed by atoms with van der Waals surface area (Å²) in [4.78, 5) is 11.4. The zero-order chi connectivity index (χ0) is 12.1. The molecule has 0 aliphatic carbocycles. The van der Waals surface area contributed by atoms with Crippen molar-refractivity contribution < 1.29 is 4.79 Å². The van der Waals surface area contributed by atoms with E-state index in [9.17, 15) is 4.79 Å². The first-order chi connectivity index (χ1) is 6.79. The van der Waals surface area contributed by atoms with E-state index in [1.54, 1.807) is 6.92 Å². The first-order valence-electron chi connectivity index (χ1n) is 5.31. The molecule has 0 aromatic carbocycles. The normalized spacial score (nSPS) is 14.8. The van der Waals surface area contributed by atoms with Crippen LogP contribution in [0.3, 0.4) is 0 Å². The van der Waals surface area contributed by atoms with Crippen molar-refractivity contribution in [2.24, 2.45) is 5.41 Å². The van der Waals surface area contributed by atoms with Gasteiger partial charge in [-0.1, -0.05) is 50.6 Å². The molecule has 84 valence electrons. The Balaban J connectivity index is 5.08. The number of hydrogen-bond donors (Lipinski definition) is 0. The minimum atomic E-state index is 0.108. The summed E-state index contributed by atoms with van der Waals surface area (Å²) < 4.78 is 0. The lowest BCUT2D eigenvalue weighted by atomic mass is 9.86. The number of carbonyl (C=O) groups is 1. The zero-order valence-corrected chi connectivity index (χ0v) is 10.7. The monoisotopic (exact) mass is 206 g/mol. The summed E-state index contributed by atoms with van der Waals surface area (Å²) in [5.74, 6) is 0.108. The molecular weight excluding hydrogens is 184 g/mol. The molecule has 1 nitrogen and oxygen atoms in total. The first kappa shape index (κ1) is 13.9. The summed E-state index contributed by atoms with van der Waals surface area (Å²) in [5, 5.41) is 0. The van der Waals surface area contributed by atoms with E-state index in [4.69, 9.17) is 0 Å². The molecule has 0 heterocycles. The molecule has 15 heavy (non-hydrogen) atoms. The van der Waals surface area contributed by atoms with Gasteiger partial charge < -0.3 is 0 Å². The average Bonchev–Trinajstić information content (AvgIpc) is 2.09. The summed E-state index contributed by atoms with van der Waals surface area (Å²) >= 11 is 0. The summed E-state index contributed by atoms with van der Waals surface area (Å²) in [7, 11) is 0. The lowest BCUT2D eigenvalue weighted by Gasteiger charge is -2.19. The predicted molar refractivity (Wildman–Crippen MR) is 66.8 cm³/mol. The van der Waals surface area contributed by atoms with Gasteiger partial charge in [-0.2, -0.15) is 0 Å². The van der Waals surface area contributed by atoms with Crippen molar-refractivity contribution in [3.8, 4) is 0 Å². The molecule has 0 atom stereocenters. The van der Waals surface area contributed by atoms with Gasteiger partial charge >= 0.3 is 0 Å². The molecular formula is C14H22O. The maximum Gasteiger partial charge on any atom is 0.159 e. The highest BCUT2D eigenvalue weighted by Crippen LogP contribution is 2.25. The Hall–Kier alpha value is -1.11.